The first-order chi connectivity index (χ1) is 14.0. The SMILES string of the molecule is CSc1cccc(NC(=O)CN2CCc3[nH]c4c(C)c(C)ccc4c(=O)c3C2)c1. The van der Waals surface area contributed by atoms with Gasteiger partial charge < -0.3 is 10.3 Å². The molecule has 0 saturated carbocycles. The Labute approximate surface area is 174 Å². The molecule has 1 amide bonds. The number of nitrogens with zero attached hydrogens (tertiary/aromatic N) is 1. The van der Waals surface area contributed by atoms with E-state index in [1.807, 2.05) is 54.5 Å². The maximum absolute atomic E-state index is 13.1. The van der Waals surface area contributed by atoms with Crippen LogP contribution in [0.15, 0.2) is 46.1 Å². The second-order valence-electron chi connectivity index (χ2n) is 7.58. The number of hydrogen-bond donors (Lipinski definition) is 2. The second-order valence-corrected chi connectivity index (χ2v) is 8.46. The number of fused-ring (bicyclic) bond motifs is 2. The minimum absolute atomic E-state index is 0.0598. The summed E-state index contributed by atoms with van der Waals surface area (Å²) in [5.41, 5.74) is 5.89. The van der Waals surface area contributed by atoms with Gasteiger partial charge in [-0.25, -0.2) is 0 Å². The van der Waals surface area contributed by atoms with Crippen LogP contribution in [-0.4, -0.2) is 35.1 Å². The summed E-state index contributed by atoms with van der Waals surface area (Å²) >= 11 is 1.64. The Bertz CT molecular complexity index is 1150. The average molecular weight is 408 g/mol. The van der Waals surface area contributed by atoms with Crippen molar-refractivity contribution in [1.29, 1.82) is 0 Å². The van der Waals surface area contributed by atoms with Crippen molar-refractivity contribution in [2.24, 2.45) is 0 Å². The molecule has 6 heteroatoms. The predicted molar refractivity (Wildman–Crippen MR) is 120 cm³/mol. The van der Waals surface area contributed by atoms with Gasteiger partial charge in [0.25, 0.3) is 0 Å². The molecule has 1 aliphatic rings. The number of aromatic nitrogens is 1. The highest BCUT2D eigenvalue weighted by Crippen LogP contribution is 2.23. The fourth-order valence-electron chi connectivity index (χ4n) is 3.88. The van der Waals surface area contributed by atoms with Crippen LogP contribution < -0.4 is 10.7 Å². The lowest BCUT2D eigenvalue weighted by Gasteiger charge is -2.28. The number of carbonyl (C=O) groups is 1. The zero-order valence-electron chi connectivity index (χ0n) is 17.0. The number of thioether (sulfide) groups is 1. The highest BCUT2D eigenvalue weighted by atomic mass is 32.2. The fourth-order valence-corrected chi connectivity index (χ4v) is 4.34. The first-order valence-electron chi connectivity index (χ1n) is 9.76. The highest BCUT2D eigenvalue weighted by molar-refractivity contribution is 7.98. The maximum atomic E-state index is 13.1. The lowest BCUT2D eigenvalue weighted by molar-refractivity contribution is -0.117. The van der Waals surface area contributed by atoms with Crippen LogP contribution in [0.5, 0.6) is 0 Å². The van der Waals surface area contributed by atoms with E-state index in [2.05, 4.69) is 17.2 Å². The van der Waals surface area contributed by atoms with Crippen LogP contribution >= 0.6 is 11.8 Å². The number of nitrogens with one attached hydrogen (secondary N) is 2. The molecule has 3 aromatic rings. The van der Waals surface area contributed by atoms with E-state index >= 15 is 0 Å². The molecule has 1 aromatic heterocycles. The van der Waals surface area contributed by atoms with Crippen molar-refractivity contribution in [3.8, 4) is 0 Å². The lowest BCUT2D eigenvalue weighted by atomic mass is 9.99. The van der Waals surface area contributed by atoms with E-state index in [-0.39, 0.29) is 17.9 Å². The molecule has 4 rings (SSSR count). The van der Waals surface area contributed by atoms with Gasteiger partial charge in [0.05, 0.1) is 12.1 Å². The third-order valence-electron chi connectivity index (χ3n) is 5.68. The highest BCUT2D eigenvalue weighted by Gasteiger charge is 2.23. The Kier molecular flexibility index (Phi) is 5.48. The Morgan fingerprint density at radius 2 is 2.07 bits per heavy atom. The Morgan fingerprint density at radius 1 is 1.24 bits per heavy atom. The topological polar surface area (TPSA) is 65.2 Å². The van der Waals surface area contributed by atoms with Crippen LogP contribution in [0, 0.1) is 13.8 Å². The molecule has 0 aliphatic carbocycles. The second kappa shape index (κ2) is 8.05. The number of carbonyl (C=O) groups excluding carboxylic acids is 1. The van der Waals surface area contributed by atoms with Gasteiger partial charge in [-0.05, 0) is 55.5 Å². The number of anilines is 1. The molecule has 0 saturated heterocycles. The van der Waals surface area contributed by atoms with Crippen molar-refractivity contribution < 1.29 is 4.79 Å². The molecule has 1 aliphatic heterocycles. The molecular weight excluding hydrogens is 382 g/mol. The summed E-state index contributed by atoms with van der Waals surface area (Å²) in [5, 5.41) is 3.69. The van der Waals surface area contributed by atoms with Gasteiger partial charge in [0.2, 0.25) is 5.91 Å². The quantitative estimate of drug-likeness (QED) is 0.645. The van der Waals surface area contributed by atoms with Gasteiger partial charge >= 0.3 is 0 Å². The zero-order chi connectivity index (χ0) is 20.5. The molecule has 2 heterocycles. The number of benzene rings is 2. The largest absolute Gasteiger partial charge is 0.358 e. The van der Waals surface area contributed by atoms with E-state index in [1.165, 1.54) is 5.56 Å². The summed E-state index contributed by atoms with van der Waals surface area (Å²) in [6.07, 6.45) is 2.75. The molecule has 0 fully saturated rings. The van der Waals surface area contributed by atoms with Gasteiger partial charge in [0.1, 0.15) is 0 Å². The number of hydrogen-bond acceptors (Lipinski definition) is 4. The summed E-state index contributed by atoms with van der Waals surface area (Å²) in [4.78, 5) is 32.3. The normalized spacial score (nSPS) is 14.0. The van der Waals surface area contributed by atoms with Crippen LogP contribution in [-0.2, 0) is 17.8 Å². The van der Waals surface area contributed by atoms with E-state index < -0.39 is 0 Å². The maximum Gasteiger partial charge on any atom is 0.238 e. The van der Waals surface area contributed by atoms with E-state index in [0.717, 1.165) is 51.3 Å². The molecule has 5 nitrogen and oxygen atoms in total. The van der Waals surface area contributed by atoms with E-state index in [4.69, 9.17) is 0 Å². The number of aryl methyl sites for hydroxylation is 2. The van der Waals surface area contributed by atoms with Crippen molar-refractivity contribution in [3.63, 3.8) is 0 Å². The standard InChI is InChI=1S/C23H25N3O2S/c1-14-7-8-18-22(15(14)2)25-20-9-10-26(12-19(20)23(18)28)13-21(27)24-16-5-4-6-17(11-16)29-3/h4-8,11H,9-10,12-13H2,1-3H3,(H,24,27)(H,25,28). The van der Waals surface area contributed by atoms with Crippen LogP contribution in [0.3, 0.4) is 0 Å². The van der Waals surface area contributed by atoms with Gasteiger partial charge in [-0.2, -0.15) is 0 Å². The number of H-pyrrole nitrogens is 1. The molecule has 0 unspecified atom stereocenters. The molecule has 0 bridgehead atoms. The van der Waals surface area contributed by atoms with Crippen molar-refractivity contribution in [1.82, 2.24) is 9.88 Å². The molecule has 2 aromatic carbocycles. The summed E-state index contributed by atoms with van der Waals surface area (Å²) in [6.45, 7) is 5.62. The predicted octanol–water partition coefficient (Wildman–Crippen LogP) is 3.86. The Balaban J connectivity index is 1.52. The van der Waals surface area contributed by atoms with Crippen molar-refractivity contribution in [3.05, 3.63) is 69.0 Å². The monoisotopic (exact) mass is 407 g/mol. The number of pyridine rings is 1. The third kappa shape index (κ3) is 3.95. The minimum atomic E-state index is -0.0598. The van der Waals surface area contributed by atoms with Crippen LogP contribution in [0.25, 0.3) is 10.9 Å². The smallest absolute Gasteiger partial charge is 0.238 e. The summed E-state index contributed by atoms with van der Waals surface area (Å²) < 4.78 is 0. The molecular formula is C23H25N3O2S. The van der Waals surface area contributed by atoms with Gasteiger partial charge in [-0.15, -0.1) is 11.8 Å². The molecule has 0 radical (unpaired) electrons. The summed E-state index contributed by atoms with van der Waals surface area (Å²) in [5.74, 6) is -0.0598. The van der Waals surface area contributed by atoms with E-state index in [9.17, 15) is 9.59 Å². The molecule has 2 N–H and O–H groups in total. The van der Waals surface area contributed by atoms with E-state index in [1.54, 1.807) is 11.8 Å². The third-order valence-corrected chi connectivity index (χ3v) is 6.40. The zero-order valence-corrected chi connectivity index (χ0v) is 17.8. The van der Waals surface area contributed by atoms with Crippen molar-refractivity contribution >= 4 is 34.3 Å². The first kappa shape index (κ1) is 19.7. The summed E-state index contributed by atoms with van der Waals surface area (Å²) in [6, 6.07) is 11.7. The van der Waals surface area contributed by atoms with E-state index in [0.29, 0.717) is 6.54 Å². The lowest BCUT2D eigenvalue weighted by Crippen LogP contribution is -2.39. The average Bonchev–Trinajstić information content (AvgIpc) is 2.71. The minimum Gasteiger partial charge on any atom is -0.358 e. The Morgan fingerprint density at radius 3 is 2.86 bits per heavy atom. The van der Waals surface area contributed by atoms with Crippen molar-refractivity contribution in [2.45, 2.75) is 31.7 Å². The van der Waals surface area contributed by atoms with Gasteiger partial charge in [0.15, 0.2) is 5.43 Å². The van der Waals surface area contributed by atoms with Gasteiger partial charge in [0, 0.05) is 46.7 Å². The number of amides is 1. The molecule has 29 heavy (non-hydrogen) atoms. The van der Waals surface area contributed by atoms with Gasteiger partial charge in [-0.3, -0.25) is 14.5 Å². The summed E-state index contributed by atoms with van der Waals surface area (Å²) in [7, 11) is 0. The van der Waals surface area contributed by atoms with Crippen molar-refractivity contribution in [2.75, 3.05) is 24.7 Å². The van der Waals surface area contributed by atoms with Crippen LogP contribution in [0.1, 0.15) is 22.4 Å². The van der Waals surface area contributed by atoms with Crippen LogP contribution in [0.4, 0.5) is 5.69 Å². The fraction of sp³-hybridized carbons (Fsp3) is 0.304. The number of aromatic amines is 1. The molecule has 150 valence electrons. The molecule has 0 spiro atoms. The van der Waals surface area contributed by atoms with Gasteiger partial charge in [-0.1, -0.05) is 12.1 Å². The number of rotatable bonds is 4. The Hall–Kier alpha value is -2.57. The van der Waals surface area contributed by atoms with Crippen LogP contribution in [0.2, 0.25) is 0 Å². The molecule has 0 atom stereocenters. The first-order valence-corrected chi connectivity index (χ1v) is 11.0.